The molecule has 3 aromatic rings. The lowest BCUT2D eigenvalue weighted by atomic mass is 10.1. The number of ether oxygens (including phenoxy) is 2. The molecule has 0 saturated carbocycles. The highest BCUT2D eigenvalue weighted by Gasteiger charge is 2.43. The SMILES string of the molecule is Cc1cn(-c2ccc3n(c2=O)CCN([C@@H](C)COc2ccc(F)c4c2OC(F)(F)C4)C3=O)cn1. The number of carbonyl (C=O) groups is 1. The van der Waals surface area contributed by atoms with Gasteiger partial charge in [0.05, 0.1) is 24.5 Å². The first-order valence-corrected chi connectivity index (χ1v) is 10.7. The Balaban J connectivity index is 1.33. The predicted molar refractivity (Wildman–Crippen MR) is 114 cm³/mol. The maximum absolute atomic E-state index is 13.9. The van der Waals surface area contributed by atoms with Crippen LogP contribution in [0.25, 0.3) is 5.69 Å². The number of nitrogens with zero attached hydrogens (tertiary/aromatic N) is 4. The van der Waals surface area contributed by atoms with Gasteiger partial charge in [-0.3, -0.25) is 9.59 Å². The largest absolute Gasteiger partial charge is 0.488 e. The molecule has 0 N–H and O–H groups in total. The molecule has 178 valence electrons. The Morgan fingerprint density at radius 1 is 1.21 bits per heavy atom. The van der Waals surface area contributed by atoms with Gasteiger partial charge < -0.3 is 23.5 Å². The summed E-state index contributed by atoms with van der Waals surface area (Å²) in [6.07, 6.45) is -1.09. The van der Waals surface area contributed by atoms with Gasteiger partial charge in [0, 0.05) is 24.8 Å². The van der Waals surface area contributed by atoms with Crippen molar-refractivity contribution in [1.82, 2.24) is 19.0 Å². The molecule has 1 aromatic carbocycles. The van der Waals surface area contributed by atoms with Gasteiger partial charge in [0.2, 0.25) is 0 Å². The number of rotatable bonds is 5. The minimum absolute atomic E-state index is 0.0122. The molecule has 0 bridgehead atoms. The van der Waals surface area contributed by atoms with E-state index in [1.54, 1.807) is 41.0 Å². The Morgan fingerprint density at radius 2 is 2.00 bits per heavy atom. The van der Waals surface area contributed by atoms with Gasteiger partial charge in [-0.2, -0.15) is 8.78 Å². The quantitative estimate of drug-likeness (QED) is 0.568. The molecular weight excluding hydrogens is 453 g/mol. The molecule has 0 aliphatic carbocycles. The molecule has 2 aliphatic rings. The Morgan fingerprint density at radius 3 is 2.74 bits per heavy atom. The average Bonchev–Trinajstić information content (AvgIpc) is 3.36. The monoisotopic (exact) mass is 474 g/mol. The van der Waals surface area contributed by atoms with Crippen molar-refractivity contribution in [3.8, 4) is 17.2 Å². The Labute approximate surface area is 192 Å². The molecule has 1 atom stereocenters. The molecule has 0 unspecified atom stereocenters. The van der Waals surface area contributed by atoms with E-state index in [0.717, 1.165) is 11.8 Å². The number of carbonyl (C=O) groups excluding carboxylic acids is 1. The van der Waals surface area contributed by atoms with E-state index in [0.29, 0.717) is 5.69 Å². The number of halogens is 3. The van der Waals surface area contributed by atoms with E-state index in [1.165, 1.54) is 10.6 Å². The van der Waals surface area contributed by atoms with Gasteiger partial charge in [0.25, 0.3) is 11.5 Å². The van der Waals surface area contributed by atoms with Crippen molar-refractivity contribution in [3.05, 3.63) is 69.9 Å². The second kappa shape index (κ2) is 7.93. The number of imidazole rings is 1. The van der Waals surface area contributed by atoms with Crippen molar-refractivity contribution in [3.63, 3.8) is 0 Å². The molecule has 8 nitrogen and oxygen atoms in total. The lowest BCUT2D eigenvalue weighted by Crippen LogP contribution is -2.50. The van der Waals surface area contributed by atoms with Crippen molar-refractivity contribution in [2.45, 2.75) is 39.0 Å². The number of amides is 1. The van der Waals surface area contributed by atoms with Gasteiger partial charge in [-0.1, -0.05) is 0 Å². The van der Waals surface area contributed by atoms with Crippen LogP contribution in [0.15, 0.2) is 41.6 Å². The lowest BCUT2D eigenvalue weighted by Gasteiger charge is -2.34. The minimum atomic E-state index is -3.50. The second-order valence-corrected chi connectivity index (χ2v) is 8.41. The molecule has 4 heterocycles. The first kappa shape index (κ1) is 22.1. The summed E-state index contributed by atoms with van der Waals surface area (Å²) in [6, 6.07) is 5.01. The highest BCUT2D eigenvalue weighted by atomic mass is 19.3. The summed E-state index contributed by atoms with van der Waals surface area (Å²) >= 11 is 0. The van der Waals surface area contributed by atoms with Gasteiger partial charge in [0.15, 0.2) is 11.5 Å². The van der Waals surface area contributed by atoms with E-state index in [4.69, 9.17) is 4.74 Å². The molecule has 0 spiro atoms. The zero-order chi connectivity index (χ0) is 24.2. The third-order valence-corrected chi connectivity index (χ3v) is 6.00. The molecule has 0 radical (unpaired) electrons. The fourth-order valence-electron chi connectivity index (χ4n) is 4.27. The molecule has 11 heteroatoms. The summed E-state index contributed by atoms with van der Waals surface area (Å²) in [6.45, 7) is 4.07. The summed E-state index contributed by atoms with van der Waals surface area (Å²) in [5.74, 6) is -1.46. The van der Waals surface area contributed by atoms with E-state index >= 15 is 0 Å². The summed E-state index contributed by atoms with van der Waals surface area (Å²) in [5.41, 5.74) is 0.866. The van der Waals surface area contributed by atoms with Crippen LogP contribution in [0.2, 0.25) is 0 Å². The lowest BCUT2D eigenvalue weighted by molar-refractivity contribution is -0.159. The van der Waals surface area contributed by atoms with E-state index < -0.39 is 24.4 Å². The number of aryl methyl sites for hydroxylation is 1. The summed E-state index contributed by atoms with van der Waals surface area (Å²) in [7, 11) is 0. The number of aromatic nitrogens is 3. The van der Waals surface area contributed by atoms with Crippen LogP contribution < -0.4 is 15.0 Å². The zero-order valence-electron chi connectivity index (χ0n) is 18.4. The topological polar surface area (TPSA) is 78.6 Å². The molecule has 2 aliphatic heterocycles. The Bertz CT molecular complexity index is 1350. The number of benzene rings is 1. The van der Waals surface area contributed by atoms with Crippen LogP contribution in [0.3, 0.4) is 0 Å². The highest BCUT2D eigenvalue weighted by molar-refractivity contribution is 5.93. The van der Waals surface area contributed by atoms with Gasteiger partial charge in [-0.15, -0.1) is 0 Å². The van der Waals surface area contributed by atoms with E-state index in [-0.39, 0.29) is 53.9 Å². The van der Waals surface area contributed by atoms with Crippen LogP contribution in [-0.2, 0) is 13.0 Å². The standard InChI is InChI=1S/C23H21F3N4O4/c1-13-10-28(12-27-13)17-4-5-18-22(32)29(7-8-30(18)21(17)31)14(2)11-33-19-6-3-16(24)15-9-23(25,26)34-20(15)19/h3-6,10,12,14H,7-9,11H2,1-2H3/t14-/m0/s1. The van der Waals surface area contributed by atoms with Gasteiger partial charge >= 0.3 is 6.11 Å². The fourth-order valence-corrected chi connectivity index (χ4v) is 4.27. The first-order valence-electron chi connectivity index (χ1n) is 10.7. The van der Waals surface area contributed by atoms with Crippen molar-refractivity contribution >= 4 is 5.91 Å². The summed E-state index contributed by atoms with van der Waals surface area (Å²) in [5, 5.41) is 0. The van der Waals surface area contributed by atoms with Crippen molar-refractivity contribution < 1.29 is 27.4 Å². The van der Waals surface area contributed by atoms with Crippen LogP contribution in [-0.4, -0.2) is 50.2 Å². The van der Waals surface area contributed by atoms with E-state index in [2.05, 4.69) is 9.72 Å². The van der Waals surface area contributed by atoms with Gasteiger partial charge in [0.1, 0.15) is 23.8 Å². The fraction of sp³-hybridized carbons (Fsp3) is 0.348. The number of fused-ring (bicyclic) bond motifs is 2. The predicted octanol–water partition coefficient (Wildman–Crippen LogP) is 2.93. The van der Waals surface area contributed by atoms with Crippen LogP contribution in [0.1, 0.15) is 28.7 Å². The van der Waals surface area contributed by atoms with Crippen LogP contribution in [0.4, 0.5) is 13.2 Å². The molecule has 0 saturated heterocycles. The highest BCUT2D eigenvalue weighted by Crippen LogP contribution is 2.44. The summed E-state index contributed by atoms with van der Waals surface area (Å²) < 4.78 is 54.4. The zero-order valence-corrected chi connectivity index (χ0v) is 18.4. The molecule has 0 fully saturated rings. The summed E-state index contributed by atoms with van der Waals surface area (Å²) in [4.78, 5) is 31.7. The molecule has 1 amide bonds. The first-order chi connectivity index (χ1) is 16.1. The normalized spacial score (nSPS) is 17.2. The minimum Gasteiger partial charge on any atom is -0.488 e. The molecule has 5 rings (SSSR count). The number of alkyl halides is 2. The van der Waals surface area contributed by atoms with Crippen LogP contribution >= 0.6 is 0 Å². The van der Waals surface area contributed by atoms with E-state index in [9.17, 15) is 22.8 Å². The number of hydrogen-bond acceptors (Lipinski definition) is 5. The third kappa shape index (κ3) is 3.70. The van der Waals surface area contributed by atoms with Crippen LogP contribution in [0, 0.1) is 12.7 Å². The van der Waals surface area contributed by atoms with Crippen LogP contribution in [0.5, 0.6) is 11.5 Å². The van der Waals surface area contributed by atoms with E-state index in [1.807, 2.05) is 6.92 Å². The van der Waals surface area contributed by atoms with Crippen molar-refractivity contribution in [2.75, 3.05) is 13.2 Å². The van der Waals surface area contributed by atoms with Crippen molar-refractivity contribution in [1.29, 1.82) is 0 Å². The Kier molecular flexibility index (Phi) is 5.14. The third-order valence-electron chi connectivity index (χ3n) is 6.00. The second-order valence-electron chi connectivity index (χ2n) is 8.41. The van der Waals surface area contributed by atoms with Gasteiger partial charge in [-0.05, 0) is 38.1 Å². The number of pyridine rings is 1. The molecule has 2 aromatic heterocycles. The van der Waals surface area contributed by atoms with Crippen molar-refractivity contribution in [2.24, 2.45) is 0 Å². The Hall–Kier alpha value is -3.76. The molecular formula is C23H21F3N4O4. The maximum Gasteiger partial charge on any atom is 0.402 e. The average molecular weight is 474 g/mol. The molecule has 34 heavy (non-hydrogen) atoms. The van der Waals surface area contributed by atoms with Gasteiger partial charge in [-0.25, -0.2) is 9.37 Å². The number of hydrogen-bond donors (Lipinski definition) is 0. The smallest absolute Gasteiger partial charge is 0.402 e. The maximum atomic E-state index is 13.9.